The molecule has 208 valence electrons. The highest BCUT2D eigenvalue weighted by Crippen LogP contribution is 2.36. The minimum Gasteiger partial charge on any atom is -0.473 e. The van der Waals surface area contributed by atoms with Gasteiger partial charge >= 0.3 is 0 Å². The van der Waals surface area contributed by atoms with Crippen LogP contribution in [0.2, 0.25) is 0 Å². The van der Waals surface area contributed by atoms with E-state index in [4.69, 9.17) is 14.6 Å². The maximum atomic E-state index is 15.4. The number of fused-ring (bicyclic) bond motifs is 4. The molecule has 0 fully saturated rings. The van der Waals surface area contributed by atoms with Gasteiger partial charge in [-0.1, -0.05) is 0 Å². The average molecular weight is 538 g/mol. The van der Waals surface area contributed by atoms with E-state index in [9.17, 15) is 5.11 Å². The SMILES string of the molecule is CC(C)Oc1nn(CCO)c2c1/C=C/c1n[nH]c3cc(F)c(cc13)-c1cnn(C)c1O[C@@H](C)CN(C(C)C)C2. The molecule has 4 heterocycles. The number of aliphatic hydroxyl groups is 1. The molecule has 0 unspecified atom stereocenters. The van der Waals surface area contributed by atoms with E-state index in [1.807, 2.05) is 37.6 Å². The van der Waals surface area contributed by atoms with Crippen LogP contribution in [0.3, 0.4) is 0 Å². The van der Waals surface area contributed by atoms with E-state index in [1.165, 1.54) is 6.07 Å². The first-order chi connectivity index (χ1) is 18.7. The van der Waals surface area contributed by atoms with Gasteiger partial charge in [0.05, 0.1) is 53.5 Å². The number of benzene rings is 1. The second-order valence-electron chi connectivity index (χ2n) is 10.5. The molecule has 4 aromatic rings. The molecule has 39 heavy (non-hydrogen) atoms. The normalized spacial score (nSPS) is 17.2. The smallest absolute Gasteiger partial charge is 0.240 e. The first-order valence-electron chi connectivity index (χ1n) is 13.3. The standard InChI is InChI=1S/C28H36FN7O3/c1-16(2)35-14-18(5)39-28-22(13-30-34(28)6)20-11-21-24(31-32-25(21)12-23(20)29)8-7-19-26(15-35)36(9-10-37)33-27(19)38-17(3)4/h7-8,11-13,16-18,37H,9-10,14-15H2,1-6H3,(H,31,32)/b8-7+/t18-/m0/s1. The van der Waals surface area contributed by atoms with Crippen molar-refractivity contribution in [1.29, 1.82) is 0 Å². The molecule has 3 aromatic heterocycles. The molecule has 5 rings (SSSR count). The van der Waals surface area contributed by atoms with E-state index < -0.39 is 0 Å². The van der Waals surface area contributed by atoms with E-state index >= 15 is 4.39 Å². The molecule has 2 bridgehead atoms. The summed E-state index contributed by atoms with van der Waals surface area (Å²) >= 11 is 0. The molecular formula is C28H36FN7O3. The van der Waals surface area contributed by atoms with Crippen molar-refractivity contribution in [3.8, 4) is 22.9 Å². The molecule has 1 aromatic carbocycles. The van der Waals surface area contributed by atoms with Gasteiger partial charge in [-0.2, -0.15) is 10.2 Å². The summed E-state index contributed by atoms with van der Waals surface area (Å²) in [5.41, 5.74) is 3.94. The summed E-state index contributed by atoms with van der Waals surface area (Å²) in [5, 5.41) is 27.1. The number of H-pyrrole nitrogens is 1. The molecule has 10 nitrogen and oxygen atoms in total. The summed E-state index contributed by atoms with van der Waals surface area (Å²) in [6.07, 6.45) is 5.15. The van der Waals surface area contributed by atoms with Crippen molar-refractivity contribution >= 4 is 23.1 Å². The van der Waals surface area contributed by atoms with Crippen molar-refractivity contribution in [3.63, 3.8) is 0 Å². The maximum Gasteiger partial charge on any atom is 0.240 e. The number of rotatable bonds is 5. The summed E-state index contributed by atoms with van der Waals surface area (Å²) in [4.78, 5) is 2.29. The van der Waals surface area contributed by atoms with Crippen molar-refractivity contribution in [3.05, 3.63) is 41.1 Å². The van der Waals surface area contributed by atoms with E-state index in [2.05, 4.69) is 34.0 Å². The van der Waals surface area contributed by atoms with Gasteiger partial charge in [0.25, 0.3) is 0 Å². The fraction of sp³-hybridized carbons (Fsp3) is 0.464. The zero-order chi connectivity index (χ0) is 27.8. The van der Waals surface area contributed by atoms with Crippen molar-refractivity contribution in [2.24, 2.45) is 7.05 Å². The van der Waals surface area contributed by atoms with Gasteiger partial charge in [-0.15, -0.1) is 5.10 Å². The fourth-order valence-corrected chi connectivity index (χ4v) is 4.92. The Kier molecular flexibility index (Phi) is 7.46. The second-order valence-corrected chi connectivity index (χ2v) is 10.5. The predicted octanol–water partition coefficient (Wildman–Crippen LogP) is 4.24. The monoisotopic (exact) mass is 537 g/mol. The quantitative estimate of drug-likeness (QED) is 0.392. The van der Waals surface area contributed by atoms with Gasteiger partial charge in [0, 0.05) is 43.2 Å². The van der Waals surface area contributed by atoms with Crippen molar-refractivity contribution < 1.29 is 19.0 Å². The zero-order valence-electron chi connectivity index (χ0n) is 23.3. The zero-order valence-corrected chi connectivity index (χ0v) is 23.3. The van der Waals surface area contributed by atoms with Crippen molar-refractivity contribution in [1.82, 2.24) is 34.7 Å². The first-order valence-corrected chi connectivity index (χ1v) is 13.3. The fourth-order valence-electron chi connectivity index (χ4n) is 4.92. The lowest BCUT2D eigenvalue weighted by molar-refractivity contribution is 0.109. The van der Waals surface area contributed by atoms with Crippen LogP contribution in [0.15, 0.2) is 18.3 Å². The Morgan fingerprint density at radius 3 is 2.72 bits per heavy atom. The molecule has 0 radical (unpaired) electrons. The number of hydrogen-bond donors (Lipinski definition) is 2. The molecule has 0 saturated carbocycles. The van der Waals surface area contributed by atoms with Gasteiger partial charge in [-0.25, -0.2) is 9.07 Å². The Bertz CT molecular complexity index is 1500. The van der Waals surface area contributed by atoms with E-state index in [0.29, 0.717) is 53.7 Å². The van der Waals surface area contributed by atoms with E-state index in [0.717, 1.165) is 16.6 Å². The van der Waals surface area contributed by atoms with Gasteiger partial charge in [0.1, 0.15) is 11.9 Å². The molecule has 0 spiro atoms. The Hall–Kier alpha value is -3.70. The minimum absolute atomic E-state index is 0.0538. The minimum atomic E-state index is -0.388. The highest BCUT2D eigenvalue weighted by atomic mass is 19.1. The molecule has 0 aliphatic carbocycles. The van der Waals surface area contributed by atoms with Crippen LogP contribution in [-0.4, -0.2) is 71.2 Å². The third-order valence-corrected chi connectivity index (χ3v) is 6.87. The Labute approximate surface area is 227 Å². The molecule has 1 atom stereocenters. The van der Waals surface area contributed by atoms with Crippen molar-refractivity contribution in [2.75, 3.05) is 13.2 Å². The molecule has 1 aliphatic heterocycles. The molecule has 2 N–H and O–H groups in total. The van der Waals surface area contributed by atoms with Crippen LogP contribution in [0.25, 0.3) is 34.2 Å². The average Bonchev–Trinajstić information content (AvgIpc) is 3.52. The van der Waals surface area contributed by atoms with E-state index in [1.54, 1.807) is 24.0 Å². The molecule has 11 heteroatoms. The molecule has 0 amide bonds. The summed E-state index contributed by atoms with van der Waals surface area (Å²) in [6, 6.07) is 3.41. The van der Waals surface area contributed by atoms with Crippen LogP contribution in [0.4, 0.5) is 4.39 Å². The third kappa shape index (κ3) is 5.28. The highest BCUT2D eigenvalue weighted by molar-refractivity contribution is 5.93. The maximum absolute atomic E-state index is 15.4. The van der Waals surface area contributed by atoms with Gasteiger partial charge in [-0.05, 0) is 52.8 Å². The number of aromatic amines is 1. The first kappa shape index (κ1) is 26.9. The molecule has 1 aliphatic rings. The van der Waals surface area contributed by atoms with Crippen LogP contribution >= 0.6 is 0 Å². The summed E-state index contributed by atoms with van der Waals surface area (Å²) < 4.78 is 31.3. The van der Waals surface area contributed by atoms with Gasteiger partial charge in [0.15, 0.2) is 0 Å². The Morgan fingerprint density at radius 2 is 2.00 bits per heavy atom. The Balaban J connectivity index is 1.73. The van der Waals surface area contributed by atoms with E-state index in [-0.39, 0.29) is 30.7 Å². The van der Waals surface area contributed by atoms with Crippen LogP contribution < -0.4 is 9.47 Å². The number of aryl methyl sites for hydroxylation is 1. The lowest BCUT2D eigenvalue weighted by Gasteiger charge is -2.30. The number of nitrogens with one attached hydrogen (secondary N) is 1. The topological polar surface area (TPSA) is 106 Å². The highest BCUT2D eigenvalue weighted by Gasteiger charge is 2.26. The van der Waals surface area contributed by atoms with Gasteiger partial charge in [0.2, 0.25) is 11.8 Å². The lowest BCUT2D eigenvalue weighted by Crippen LogP contribution is -2.39. The van der Waals surface area contributed by atoms with Gasteiger partial charge in [-0.3, -0.25) is 14.7 Å². The number of nitrogens with zero attached hydrogens (tertiary/aromatic N) is 6. The molecule has 0 saturated heterocycles. The number of aliphatic hydroxyl groups excluding tert-OH is 1. The van der Waals surface area contributed by atoms with Crippen LogP contribution in [0, 0.1) is 5.82 Å². The van der Waals surface area contributed by atoms with Crippen LogP contribution in [0.5, 0.6) is 11.8 Å². The molecular weight excluding hydrogens is 501 g/mol. The Morgan fingerprint density at radius 1 is 1.21 bits per heavy atom. The lowest BCUT2D eigenvalue weighted by atomic mass is 10.0. The van der Waals surface area contributed by atoms with Crippen LogP contribution in [0.1, 0.15) is 51.6 Å². The van der Waals surface area contributed by atoms with Crippen molar-refractivity contribution in [2.45, 2.75) is 66.0 Å². The van der Waals surface area contributed by atoms with Crippen LogP contribution in [-0.2, 0) is 20.1 Å². The van der Waals surface area contributed by atoms with Gasteiger partial charge < -0.3 is 14.6 Å². The largest absolute Gasteiger partial charge is 0.473 e. The number of hydrogen-bond acceptors (Lipinski definition) is 7. The third-order valence-electron chi connectivity index (χ3n) is 6.87. The summed E-state index contributed by atoms with van der Waals surface area (Å²) in [7, 11) is 1.79. The number of aromatic nitrogens is 6. The second kappa shape index (κ2) is 10.8. The predicted molar refractivity (Wildman–Crippen MR) is 148 cm³/mol. The summed E-state index contributed by atoms with van der Waals surface area (Å²) in [5.74, 6) is 0.603. The summed E-state index contributed by atoms with van der Waals surface area (Å²) in [6.45, 7) is 11.6. The number of ether oxygens (including phenoxy) is 2. The number of halogens is 1.